The highest BCUT2D eigenvalue weighted by atomic mass is 16.6. The number of aliphatic carboxylic acids is 2. The van der Waals surface area contributed by atoms with Gasteiger partial charge in [0.2, 0.25) is 0 Å². The molecule has 2 bridgehead atoms. The van der Waals surface area contributed by atoms with Crippen molar-refractivity contribution in [2.45, 2.75) is 70.2 Å². The summed E-state index contributed by atoms with van der Waals surface area (Å²) in [5.74, 6) is -3.65. The number of carboxylic acid groups (broad SMARTS) is 2. The Balaban J connectivity index is 0.000000346. The smallest absolute Gasteiger partial charge is 0.414 e. The number of amides is 1. The maximum Gasteiger partial charge on any atom is 0.414 e. The van der Waals surface area contributed by atoms with Crippen LogP contribution in [0.5, 0.6) is 0 Å². The van der Waals surface area contributed by atoms with Gasteiger partial charge in [-0.05, 0) is 47.0 Å². The molecular weight excluding hydrogens is 292 g/mol. The van der Waals surface area contributed by atoms with Crippen LogP contribution in [0.1, 0.15) is 47.0 Å². The molecule has 2 rings (SSSR count). The summed E-state index contributed by atoms with van der Waals surface area (Å²) in [5.41, 5.74) is -0.559. The number of alkyl carbamates (subject to hydrolysis) is 1. The Morgan fingerprint density at radius 2 is 1.73 bits per heavy atom. The minimum Gasteiger partial charge on any atom is -0.473 e. The summed E-state index contributed by atoms with van der Waals surface area (Å²) in [4.78, 5) is 29.9. The van der Waals surface area contributed by atoms with Crippen molar-refractivity contribution in [3.8, 4) is 0 Å². The van der Waals surface area contributed by atoms with E-state index in [0.717, 1.165) is 12.8 Å². The second-order valence-electron chi connectivity index (χ2n) is 6.85. The molecule has 2 saturated heterocycles. The van der Waals surface area contributed by atoms with E-state index < -0.39 is 17.5 Å². The van der Waals surface area contributed by atoms with Gasteiger partial charge in [0.25, 0.3) is 0 Å². The van der Waals surface area contributed by atoms with Crippen LogP contribution >= 0.6 is 0 Å². The molecule has 3 atom stereocenters. The van der Waals surface area contributed by atoms with Gasteiger partial charge in [0.1, 0.15) is 5.60 Å². The summed E-state index contributed by atoms with van der Waals surface area (Å²) in [6.45, 7) is 7.75. The lowest BCUT2D eigenvalue weighted by Gasteiger charge is -2.34. The largest absolute Gasteiger partial charge is 0.473 e. The Bertz CT molecular complexity index is 447. The van der Waals surface area contributed by atoms with Gasteiger partial charge < -0.3 is 25.6 Å². The van der Waals surface area contributed by atoms with E-state index in [1.165, 1.54) is 6.42 Å². The number of rotatable bonds is 1. The van der Waals surface area contributed by atoms with Crippen LogP contribution in [0.3, 0.4) is 0 Å². The number of carbonyl (C=O) groups excluding carboxylic acids is 1. The minimum atomic E-state index is -1.82. The van der Waals surface area contributed by atoms with Gasteiger partial charge in [-0.25, -0.2) is 14.4 Å². The SMILES string of the molecule is CC(C)(C)OC(=O)N[C@]1(C)C[C@@H]2CC[C@H]1N2.O=C(O)C(=O)O. The number of ether oxygens (including phenoxy) is 1. The fourth-order valence-corrected chi connectivity index (χ4v) is 2.81. The molecular formula is C14H24N2O6. The lowest BCUT2D eigenvalue weighted by molar-refractivity contribution is -0.159. The van der Waals surface area contributed by atoms with Crippen molar-refractivity contribution in [3.05, 3.63) is 0 Å². The van der Waals surface area contributed by atoms with Gasteiger partial charge in [-0.3, -0.25) is 0 Å². The Hall–Kier alpha value is -1.83. The number of hydrogen-bond donors (Lipinski definition) is 4. The van der Waals surface area contributed by atoms with Crippen LogP contribution in [-0.2, 0) is 14.3 Å². The van der Waals surface area contributed by atoms with Gasteiger partial charge in [0, 0.05) is 12.1 Å². The van der Waals surface area contributed by atoms with Crippen molar-refractivity contribution in [2.24, 2.45) is 0 Å². The van der Waals surface area contributed by atoms with Crippen LogP contribution in [0.25, 0.3) is 0 Å². The Kier molecular flexibility index (Phi) is 5.39. The zero-order valence-corrected chi connectivity index (χ0v) is 13.3. The first-order valence-electron chi connectivity index (χ1n) is 7.16. The van der Waals surface area contributed by atoms with E-state index in [1.807, 2.05) is 20.8 Å². The molecule has 0 aromatic heterocycles. The van der Waals surface area contributed by atoms with E-state index in [0.29, 0.717) is 12.1 Å². The first-order chi connectivity index (χ1) is 9.93. The molecule has 0 radical (unpaired) electrons. The van der Waals surface area contributed by atoms with Gasteiger partial charge in [0.15, 0.2) is 0 Å². The number of nitrogens with one attached hydrogen (secondary N) is 2. The first-order valence-corrected chi connectivity index (χ1v) is 7.16. The van der Waals surface area contributed by atoms with Crippen LogP contribution in [0, 0.1) is 0 Å². The molecule has 0 aromatic carbocycles. The summed E-state index contributed by atoms with van der Waals surface area (Å²) < 4.78 is 5.29. The van der Waals surface area contributed by atoms with E-state index in [4.69, 9.17) is 24.5 Å². The molecule has 126 valence electrons. The number of fused-ring (bicyclic) bond motifs is 2. The van der Waals surface area contributed by atoms with Gasteiger partial charge in [0.05, 0.1) is 5.54 Å². The monoisotopic (exact) mass is 316 g/mol. The molecule has 0 aliphatic carbocycles. The van der Waals surface area contributed by atoms with Crippen molar-refractivity contribution in [1.29, 1.82) is 0 Å². The fourth-order valence-electron chi connectivity index (χ4n) is 2.81. The predicted octanol–water partition coefficient (Wildman–Crippen LogP) is 0.950. The summed E-state index contributed by atoms with van der Waals surface area (Å²) in [5, 5.41) is 21.3. The average molecular weight is 316 g/mol. The van der Waals surface area contributed by atoms with E-state index >= 15 is 0 Å². The molecule has 2 heterocycles. The molecule has 1 amide bonds. The van der Waals surface area contributed by atoms with Crippen molar-refractivity contribution in [1.82, 2.24) is 10.6 Å². The van der Waals surface area contributed by atoms with Gasteiger partial charge in [-0.15, -0.1) is 0 Å². The van der Waals surface area contributed by atoms with Crippen LogP contribution in [0.4, 0.5) is 4.79 Å². The highest BCUT2D eigenvalue weighted by molar-refractivity contribution is 6.27. The zero-order chi connectivity index (χ0) is 17.1. The molecule has 8 nitrogen and oxygen atoms in total. The predicted molar refractivity (Wildman–Crippen MR) is 77.6 cm³/mol. The maximum absolute atomic E-state index is 11.7. The lowest BCUT2D eigenvalue weighted by atomic mass is 9.83. The maximum atomic E-state index is 11.7. The van der Waals surface area contributed by atoms with Crippen LogP contribution < -0.4 is 10.6 Å². The fraction of sp³-hybridized carbons (Fsp3) is 0.786. The Labute approximate surface area is 129 Å². The molecule has 2 aliphatic rings. The van der Waals surface area contributed by atoms with E-state index in [1.54, 1.807) is 0 Å². The van der Waals surface area contributed by atoms with E-state index in [-0.39, 0.29) is 11.6 Å². The quantitative estimate of drug-likeness (QED) is 0.531. The number of hydrogen-bond acceptors (Lipinski definition) is 5. The van der Waals surface area contributed by atoms with Crippen LogP contribution in [0.2, 0.25) is 0 Å². The van der Waals surface area contributed by atoms with Gasteiger partial charge >= 0.3 is 18.0 Å². The molecule has 4 N–H and O–H groups in total. The molecule has 0 aromatic rings. The van der Waals surface area contributed by atoms with Crippen molar-refractivity contribution >= 4 is 18.0 Å². The highest BCUT2D eigenvalue weighted by Gasteiger charge is 2.49. The highest BCUT2D eigenvalue weighted by Crippen LogP contribution is 2.36. The van der Waals surface area contributed by atoms with Crippen molar-refractivity contribution in [2.75, 3.05) is 0 Å². The van der Waals surface area contributed by atoms with Gasteiger partial charge in [-0.1, -0.05) is 0 Å². The van der Waals surface area contributed by atoms with Gasteiger partial charge in [-0.2, -0.15) is 0 Å². The zero-order valence-electron chi connectivity index (χ0n) is 13.3. The lowest BCUT2D eigenvalue weighted by Crippen LogP contribution is -2.54. The molecule has 0 saturated carbocycles. The minimum absolute atomic E-state index is 0.134. The average Bonchev–Trinajstić information content (AvgIpc) is 2.85. The molecule has 0 unspecified atom stereocenters. The molecule has 2 fully saturated rings. The number of carboxylic acids is 2. The second kappa shape index (κ2) is 6.51. The third kappa shape index (κ3) is 5.18. The third-order valence-corrected chi connectivity index (χ3v) is 3.65. The summed E-state index contributed by atoms with van der Waals surface area (Å²) in [6.07, 6.45) is 3.09. The normalized spacial score (nSPS) is 29.3. The Morgan fingerprint density at radius 1 is 1.18 bits per heavy atom. The first kappa shape index (κ1) is 18.2. The van der Waals surface area contributed by atoms with Crippen LogP contribution in [-0.4, -0.2) is 51.5 Å². The number of carbonyl (C=O) groups is 3. The molecule has 2 aliphatic heterocycles. The topological polar surface area (TPSA) is 125 Å². The van der Waals surface area contributed by atoms with E-state index in [2.05, 4.69) is 17.6 Å². The molecule has 0 spiro atoms. The third-order valence-electron chi connectivity index (χ3n) is 3.65. The summed E-state index contributed by atoms with van der Waals surface area (Å²) >= 11 is 0. The van der Waals surface area contributed by atoms with Crippen molar-refractivity contribution in [3.63, 3.8) is 0 Å². The summed E-state index contributed by atoms with van der Waals surface area (Å²) in [6, 6.07) is 0.981. The Morgan fingerprint density at radius 3 is 2.05 bits per heavy atom. The van der Waals surface area contributed by atoms with E-state index in [9.17, 15) is 4.79 Å². The molecule has 22 heavy (non-hydrogen) atoms. The second-order valence-corrected chi connectivity index (χ2v) is 6.85. The summed E-state index contributed by atoms with van der Waals surface area (Å²) in [7, 11) is 0. The molecule has 8 heteroatoms. The van der Waals surface area contributed by atoms with Crippen LogP contribution in [0.15, 0.2) is 0 Å². The standard InChI is InChI=1S/C12H22N2O2.C2H2O4/c1-11(2,3)16-10(15)14-12(4)7-8-5-6-9(12)13-8;3-1(4)2(5)6/h8-9,13H,5-7H2,1-4H3,(H,14,15);(H,3,4)(H,5,6)/t8-,9+,12+;/m0./s1. The van der Waals surface area contributed by atoms with Crippen molar-refractivity contribution < 1.29 is 29.3 Å².